The second-order valence-corrected chi connectivity index (χ2v) is 1.65. The zero-order valence-corrected chi connectivity index (χ0v) is 6.09. The summed E-state index contributed by atoms with van der Waals surface area (Å²) < 4.78 is 8.86. The Hall–Kier alpha value is -1.21. The van der Waals surface area contributed by atoms with E-state index in [9.17, 15) is 4.79 Å². The number of carbonyl (C=O) groups excluding carboxylic acids is 1. The molecule has 0 fully saturated rings. The second-order valence-electron chi connectivity index (χ2n) is 1.65. The normalized spacial score (nSPS) is 11.0. The molecular formula is C7H10O3. The van der Waals surface area contributed by atoms with Crippen molar-refractivity contribution in [2.75, 3.05) is 7.11 Å². The Kier molecular flexibility index (Phi) is 4.09. The fourth-order valence-electron chi connectivity index (χ4n) is 0.400. The summed E-state index contributed by atoms with van der Waals surface area (Å²) in [6, 6.07) is 0. The third kappa shape index (κ3) is 3.75. The van der Waals surface area contributed by atoms with Crippen molar-refractivity contribution in [1.29, 1.82) is 0 Å². The molecular weight excluding hydrogens is 132 g/mol. The summed E-state index contributed by atoms with van der Waals surface area (Å²) in [5, 5.41) is 0. The summed E-state index contributed by atoms with van der Waals surface area (Å²) in [6.07, 6.45) is 0.501. The summed E-state index contributed by atoms with van der Waals surface area (Å²) in [6.45, 7) is 5.01. The largest absolute Gasteiger partial charge is 0.508 e. The first-order chi connectivity index (χ1) is 4.70. The molecule has 3 heteroatoms. The van der Waals surface area contributed by atoms with Gasteiger partial charge in [-0.2, -0.15) is 0 Å². The molecule has 0 aromatic carbocycles. The number of methoxy groups -OCH3 is 1. The smallest absolute Gasteiger partial charge is 0.438 e. The molecule has 0 aliphatic heterocycles. The van der Waals surface area contributed by atoms with Gasteiger partial charge in [-0.05, 0) is 13.0 Å². The van der Waals surface area contributed by atoms with Crippen LogP contribution in [0.25, 0.3) is 0 Å². The van der Waals surface area contributed by atoms with Crippen LogP contribution < -0.4 is 0 Å². The molecule has 1 unspecified atom stereocenters. The van der Waals surface area contributed by atoms with E-state index in [1.54, 1.807) is 6.92 Å². The van der Waals surface area contributed by atoms with E-state index in [0.717, 1.165) is 0 Å². The minimum atomic E-state index is -0.695. The Bertz CT molecular complexity index is 156. The maximum Gasteiger partial charge on any atom is 0.508 e. The van der Waals surface area contributed by atoms with Crippen LogP contribution in [0.4, 0.5) is 4.79 Å². The van der Waals surface area contributed by atoms with Gasteiger partial charge in [0, 0.05) is 0 Å². The average molecular weight is 142 g/mol. The summed E-state index contributed by atoms with van der Waals surface area (Å²) in [4.78, 5) is 10.4. The summed E-state index contributed by atoms with van der Waals surface area (Å²) >= 11 is 0. The van der Waals surface area contributed by atoms with E-state index in [1.165, 1.54) is 13.2 Å². The van der Waals surface area contributed by atoms with E-state index in [-0.39, 0.29) is 6.10 Å². The minimum absolute atomic E-state index is 0.329. The lowest BCUT2D eigenvalue weighted by Gasteiger charge is -2.04. The van der Waals surface area contributed by atoms with Crippen molar-refractivity contribution < 1.29 is 14.3 Å². The van der Waals surface area contributed by atoms with Crippen LogP contribution in [0.1, 0.15) is 6.92 Å². The van der Waals surface area contributed by atoms with Crippen molar-refractivity contribution in [3.8, 4) is 0 Å². The van der Waals surface area contributed by atoms with E-state index < -0.39 is 6.16 Å². The van der Waals surface area contributed by atoms with Gasteiger partial charge in [-0.1, -0.05) is 6.58 Å². The molecule has 0 aliphatic rings. The van der Waals surface area contributed by atoms with Gasteiger partial charge in [0.25, 0.3) is 0 Å². The Morgan fingerprint density at radius 2 is 2.40 bits per heavy atom. The molecule has 0 aromatic rings. The van der Waals surface area contributed by atoms with Gasteiger partial charge in [0.05, 0.1) is 7.11 Å². The molecule has 0 N–H and O–H groups in total. The van der Waals surface area contributed by atoms with E-state index >= 15 is 0 Å². The van der Waals surface area contributed by atoms with E-state index in [2.05, 4.69) is 21.8 Å². The van der Waals surface area contributed by atoms with Crippen LogP contribution in [0, 0.1) is 0 Å². The fraction of sp³-hybridized carbons (Fsp3) is 0.429. The number of ether oxygens (including phenoxy) is 2. The molecule has 0 amide bonds. The first-order valence-corrected chi connectivity index (χ1v) is 2.81. The second kappa shape index (κ2) is 4.65. The van der Waals surface area contributed by atoms with Crippen LogP contribution in [-0.2, 0) is 9.47 Å². The number of hydrogen-bond acceptors (Lipinski definition) is 3. The maximum atomic E-state index is 10.4. The molecule has 0 bridgehead atoms. The van der Waals surface area contributed by atoms with Gasteiger partial charge in [-0.3, -0.25) is 0 Å². The van der Waals surface area contributed by atoms with Crippen LogP contribution in [0.3, 0.4) is 0 Å². The van der Waals surface area contributed by atoms with Gasteiger partial charge in [-0.25, -0.2) is 4.79 Å². The average Bonchev–Trinajstić information content (AvgIpc) is 1.88. The van der Waals surface area contributed by atoms with Crippen molar-refractivity contribution in [2.45, 2.75) is 13.0 Å². The van der Waals surface area contributed by atoms with Crippen molar-refractivity contribution in [3.63, 3.8) is 0 Å². The van der Waals surface area contributed by atoms with Crippen LogP contribution in [0.2, 0.25) is 0 Å². The van der Waals surface area contributed by atoms with E-state index in [4.69, 9.17) is 0 Å². The highest BCUT2D eigenvalue weighted by Crippen LogP contribution is 1.93. The Labute approximate surface area is 59.9 Å². The highest BCUT2D eigenvalue weighted by Gasteiger charge is 2.03. The number of hydrogen-bond donors (Lipinski definition) is 0. The van der Waals surface area contributed by atoms with Crippen LogP contribution in [0.15, 0.2) is 18.4 Å². The molecule has 1 atom stereocenters. The van der Waals surface area contributed by atoms with E-state index in [0.29, 0.717) is 0 Å². The first-order valence-electron chi connectivity index (χ1n) is 2.81. The van der Waals surface area contributed by atoms with Crippen molar-refractivity contribution in [3.05, 3.63) is 18.4 Å². The van der Waals surface area contributed by atoms with Gasteiger partial charge >= 0.3 is 6.16 Å². The van der Waals surface area contributed by atoms with Gasteiger partial charge in [-0.15, -0.1) is 5.73 Å². The van der Waals surface area contributed by atoms with Crippen LogP contribution in [0.5, 0.6) is 0 Å². The Balaban J connectivity index is 3.67. The molecule has 0 saturated carbocycles. The zero-order valence-electron chi connectivity index (χ0n) is 6.09. The highest BCUT2D eigenvalue weighted by atomic mass is 16.7. The monoisotopic (exact) mass is 142 g/mol. The predicted molar refractivity (Wildman–Crippen MR) is 36.7 cm³/mol. The molecule has 0 aromatic heterocycles. The summed E-state index contributed by atoms with van der Waals surface area (Å²) in [7, 11) is 1.26. The standard InChI is InChI=1S/C7H10O3/c1-4-5-6(2)10-7(8)9-3/h5-6H,1H2,2-3H3. The maximum absolute atomic E-state index is 10.4. The third-order valence-electron chi connectivity index (χ3n) is 0.801. The molecule has 10 heavy (non-hydrogen) atoms. The first kappa shape index (κ1) is 8.79. The van der Waals surface area contributed by atoms with Crippen molar-refractivity contribution >= 4 is 6.16 Å². The summed E-state index contributed by atoms with van der Waals surface area (Å²) in [5.74, 6) is 0. The SMILES string of the molecule is C=C=CC(C)OC(=O)OC. The van der Waals surface area contributed by atoms with Gasteiger partial charge in [0.2, 0.25) is 0 Å². The minimum Gasteiger partial charge on any atom is -0.438 e. The Morgan fingerprint density at radius 3 is 2.80 bits per heavy atom. The quantitative estimate of drug-likeness (QED) is 0.433. The third-order valence-corrected chi connectivity index (χ3v) is 0.801. The van der Waals surface area contributed by atoms with Crippen molar-refractivity contribution in [1.82, 2.24) is 0 Å². The van der Waals surface area contributed by atoms with Crippen LogP contribution >= 0.6 is 0 Å². The number of rotatable bonds is 2. The summed E-state index contributed by atoms with van der Waals surface area (Å²) in [5.41, 5.74) is 2.49. The molecule has 0 rings (SSSR count). The van der Waals surface area contributed by atoms with Gasteiger partial charge in [0.1, 0.15) is 6.10 Å². The topological polar surface area (TPSA) is 35.5 Å². The fourth-order valence-corrected chi connectivity index (χ4v) is 0.400. The molecule has 0 saturated heterocycles. The lowest BCUT2D eigenvalue weighted by atomic mass is 10.4. The Morgan fingerprint density at radius 1 is 1.80 bits per heavy atom. The molecule has 0 aliphatic carbocycles. The highest BCUT2D eigenvalue weighted by molar-refractivity contribution is 5.59. The lowest BCUT2D eigenvalue weighted by molar-refractivity contribution is 0.0579. The molecule has 56 valence electrons. The van der Waals surface area contributed by atoms with Gasteiger partial charge in [0.15, 0.2) is 0 Å². The molecule has 0 radical (unpaired) electrons. The number of carbonyl (C=O) groups is 1. The molecule has 0 heterocycles. The van der Waals surface area contributed by atoms with Crippen LogP contribution in [-0.4, -0.2) is 19.4 Å². The zero-order chi connectivity index (χ0) is 7.98. The lowest BCUT2D eigenvalue weighted by Crippen LogP contribution is -2.11. The molecule has 0 spiro atoms. The predicted octanol–water partition coefficient (Wildman–Crippen LogP) is 1.50. The van der Waals surface area contributed by atoms with Gasteiger partial charge < -0.3 is 9.47 Å². The molecule has 3 nitrogen and oxygen atoms in total. The van der Waals surface area contributed by atoms with Crippen molar-refractivity contribution in [2.24, 2.45) is 0 Å². The van der Waals surface area contributed by atoms with E-state index in [1.807, 2.05) is 0 Å².